The van der Waals surface area contributed by atoms with Crippen molar-refractivity contribution in [1.29, 1.82) is 0 Å². The maximum Gasteiger partial charge on any atom is 0.336 e. The molecule has 0 saturated heterocycles. The van der Waals surface area contributed by atoms with Crippen molar-refractivity contribution in [2.45, 2.75) is 45.4 Å². The van der Waals surface area contributed by atoms with E-state index >= 15 is 0 Å². The zero-order valence-corrected chi connectivity index (χ0v) is 25.6. The highest BCUT2D eigenvalue weighted by Gasteiger charge is 2.42. The lowest BCUT2D eigenvalue weighted by Gasteiger charge is -2.37. The van der Waals surface area contributed by atoms with Gasteiger partial charge in [0.1, 0.15) is 6.61 Å². The maximum absolute atomic E-state index is 14.0. The second-order valence-electron chi connectivity index (χ2n) is 9.75. The Morgan fingerprint density at radius 3 is 2.41 bits per heavy atom. The number of methoxy groups -OCH3 is 2. The van der Waals surface area contributed by atoms with Crippen LogP contribution in [0.15, 0.2) is 57.3 Å². The molecular formula is C31H36BrNO8. The molecule has 1 aliphatic carbocycles. The first-order chi connectivity index (χ1) is 19.7. The van der Waals surface area contributed by atoms with Crippen LogP contribution in [0.25, 0.3) is 0 Å². The summed E-state index contributed by atoms with van der Waals surface area (Å²) >= 11 is 3.42. The number of benzene rings is 2. The number of nitrogens with one attached hydrogen (secondary N) is 1. The number of allylic oxidation sites excluding steroid dienone is 3. The van der Waals surface area contributed by atoms with Crippen LogP contribution < -0.4 is 19.5 Å². The predicted octanol–water partition coefficient (Wildman–Crippen LogP) is 5.51. The number of ketones is 1. The number of dihydropyridines is 1. The minimum atomic E-state index is -0.721. The summed E-state index contributed by atoms with van der Waals surface area (Å²) in [7, 11) is 3.16. The SMILES string of the molecule is CCOCCOC(=O)C1=C(C)NC2=C(C(=O)C[C@H](c3ccc(OC)c(OC)c3)C2)[C@@H]1c1cc(Br)c(O)c(OCC)c1. The smallest absolute Gasteiger partial charge is 0.336 e. The molecule has 2 atom stereocenters. The molecule has 1 heterocycles. The Morgan fingerprint density at radius 1 is 1.00 bits per heavy atom. The summed E-state index contributed by atoms with van der Waals surface area (Å²) in [6.07, 6.45) is 0.796. The quantitative estimate of drug-likeness (QED) is 0.245. The van der Waals surface area contributed by atoms with E-state index in [2.05, 4.69) is 21.2 Å². The molecule has 0 aromatic heterocycles. The molecule has 0 spiro atoms. The largest absolute Gasteiger partial charge is 0.503 e. The summed E-state index contributed by atoms with van der Waals surface area (Å²) in [4.78, 5) is 27.5. The van der Waals surface area contributed by atoms with Gasteiger partial charge in [-0.05, 0) is 84.4 Å². The molecule has 0 fully saturated rings. The van der Waals surface area contributed by atoms with Crippen LogP contribution in [0, 0.1) is 0 Å². The lowest BCUT2D eigenvalue weighted by Crippen LogP contribution is -2.36. The van der Waals surface area contributed by atoms with Crippen molar-refractivity contribution in [1.82, 2.24) is 5.32 Å². The van der Waals surface area contributed by atoms with Gasteiger partial charge < -0.3 is 34.1 Å². The van der Waals surface area contributed by atoms with Crippen LogP contribution in [0.3, 0.4) is 0 Å². The number of phenolic OH excluding ortho intramolecular Hbond substituents is 1. The van der Waals surface area contributed by atoms with Crippen molar-refractivity contribution in [2.75, 3.05) is 40.6 Å². The van der Waals surface area contributed by atoms with Gasteiger partial charge in [-0.2, -0.15) is 0 Å². The van der Waals surface area contributed by atoms with E-state index in [1.54, 1.807) is 33.3 Å². The molecule has 2 aromatic rings. The van der Waals surface area contributed by atoms with E-state index in [0.717, 1.165) is 11.3 Å². The fourth-order valence-corrected chi connectivity index (χ4v) is 5.89. The van der Waals surface area contributed by atoms with Crippen molar-refractivity contribution < 1.29 is 38.4 Å². The number of ether oxygens (including phenoxy) is 5. The van der Waals surface area contributed by atoms with Crippen molar-refractivity contribution in [3.63, 3.8) is 0 Å². The van der Waals surface area contributed by atoms with Crippen LogP contribution in [-0.4, -0.2) is 57.5 Å². The first-order valence-electron chi connectivity index (χ1n) is 13.6. The van der Waals surface area contributed by atoms with Gasteiger partial charge >= 0.3 is 5.97 Å². The second-order valence-corrected chi connectivity index (χ2v) is 10.6. The number of hydrogen-bond acceptors (Lipinski definition) is 9. The molecule has 2 aliphatic rings. The average molecular weight is 631 g/mol. The van der Waals surface area contributed by atoms with Crippen LogP contribution in [0.5, 0.6) is 23.0 Å². The third-order valence-corrected chi connectivity index (χ3v) is 7.88. The number of carbonyl (C=O) groups excluding carboxylic acids is 2. The number of rotatable bonds is 11. The van der Waals surface area contributed by atoms with Crippen molar-refractivity contribution in [3.05, 3.63) is 68.5 Å². The molecular weight excluding hydrogens is 594 g/mol. The molecule has 0 radical (unpaired) electrons. The van der Waals surface area contributed by atoms with Crippen LogP contribution in [0.4, 0.5) is 0 Å². The summed E-state index contributed by atoms with van der Waals surface area (Å²) < 4.78 is 27.8. The van der Waals surface area contributed by atoms with E-state index in [4.69, 9.17) is 23.7 Å². The molecule has 0 unspecified atom stereocenters. The molecule has 2 aromatic carbocycles. The first-order valence-corrected chi connectivity index (χ1v) is 14.4. The predicted molar refractivity (Wildman–Crippen MR) is 157 cm³/mol. The van der Waals surface area contributed by atoms with Crippen LogP contribution in [0.2, 0.25) is 0 Å². The molecule has 0 saturated carbocycles. The van der Waals surface area contributed by atoms with Crippen molar-refractivity contribution in [3.8, 4) is 23.0 Å². The molecule has 0 amide bonds. The van der Waals surface area contributed by atoms with Crippen LogP contribution >= 0.6 is 15.9 Å². The average Bonchev–Trinajstić information content (AvgIpc) is 2.96. The molecule has 41 heavy (non-hydrogen) atoms. The Hall–Kier alpha value is -3.50. The third-order valence-electron chi connectivity index (χ3n) is 7.28. The van der Waals surface area contributed by atoms with Gasteiger partial charge in [-0.3, -0.25) is 4.79 Å². The Kier molecular flexibility index (Phi) is 9.99. The summed E-state index contributed by atoms with van der Waals surface area (Å²) in [5.41, 5.74) is 3.76. The second kappa shape index (κ2) is 13.4. The Morgan fingerprint density at radius 2 is 1.73 bits per heavy atom. The number of hydrogen-bond donors (Lipinski definition) is 2. The summed E-state index contributed by atoms with van der Waals surface area (Å²) in [5.74, 6) is -0.0377. The van der Waals surface area contributed by atoms with E-state index < -0.39 is 11.9 Å². The van der Waals surface area contributed by atoms with Crippen molar-refractivity contribution in [2.24, 2.45) is 0 Å². The Bertz CT molecular complexity index is 1380. The van der Waals surface area contributed by atoms with E-state index in [9.17, 15) is 14.7 Å². The van der Waals surface area contributed by atoms with Gasteiger partial charge in [0.15, 0.2) is 28.8 Å². The standard InChI is InChI=1S/C31H36BrNO8/c1-6-39-10-11-41-31(36)27-17(3)33-22-13-19(18-8-9-24(37-4)25(15-18)38-5)14-23(34)29(22)28(27)20-12-21(32)30(35)26(16-20)40-7-2/h8-9,12,15-16,19,28,33,35H,6-7,10-11,13-14H2,1-5H3/t19-,28-/m1/s1. The van der Waals surface area contributed by atoms with E-state index in [1.165, 1.54) is 0 Å². The minimum absolute atomic E-state index is 0.0521. The topological polar surface area (TPSA) is 113 Å². The Labute approximate surface area is 248 Å². The van der Waals surface area contributed by atoms with Crippen molar-refractivity contribution >= 4 is 27.7 Å². The van der Waals surface area contributed by atoms with Gasteiger partial charge in [-0.25, -0.2) is 4.79 Å². The number of aromatic hydroxyl groups is 1. The van der Waals surface area contributed by atoms with Gasteiger partial charge in [0.05, 0.1) is 37.5 Å². The van der Waals surface area contributed by atoms with E-state index in [1.807, 2.05) is 32.0 Å². The molecule has 1 aliphatic heterocycles. The first kappa shape index (κ1) is 30.5. The summed E-state index contributed by atoms with van der Waals surface area (Å²) in [6, 6.07) is 9.08. The highest BCUT2D eigenvalue weighted by molar-refractivity contribution is 9.10. The lowest BCUT2D eigenvalue weighted by molar-refractivity contribution is -0.140. The molecule has 10 heteroatoms. The summed E-state index contributed by atoms with van der Waals surface area (Å²) in [5, 5.41) is 13.9. The third kappa shape index (κ3) is 6.38. The lowest BCUT2D eigenvalue weighted by atomic mass is 9.71. The minimum Gasteiger partial charge on any atom is -0.503 e. The van der Waals surface area contributed by atoms with E-state index in [0.29, 0.717) is 58.0 Å². The number of carbonyl (C=O) groups is 2. The fraction of sp³-hybridized carbons (Fsp3) is 0.419. The zero-order chi connectivity index (χ0) is 29.7. The molecule has 2 N–H and O–H groups in total. The van der Waals surface area contributed by atoms with Crippen LogP contribution in [0.1, 0.15) is 56.6 Å². The zero-order valence-electron chi connectivity index (χ0n) is 24.0. The molecule has 0 bridgehead atoms. The Balaban J connectivity index is 1.78. The van der Waals surface area contributed by atoms with Gasteiger partial charge in [-0.15, -0.1) is 0 Å². The van der Waals surface area contributed by atoms with Crippen LogP contribution in [-0.2, 0) is 19.1 Å². The molecule has 4 rings (SSSR count). The van der Waals surface area contributed by atoms with Gasteiger partial charge in [-0.1, -0.05) is 6.07 Å². The molecule has 9 nitrogen and oxygen atoms in total. The monoisotopic (exact) mass is 629 g/mol. The highest BCUT2D eigenvalue weighted by atomic mass is 79.9. The summed E-state index contributed by atoms with van der Waals surface area (Å²) in [6.45, 7) is 6.68. The normalized spacial score (nSPS) is 18.5. The number of phenols is 1. The number of Topliss-reactive ketones (excluding diaryl/α,β-unsaturated/α-hetero) is 1. The fourth-order valence-electron chi connectivity index (χ4n) is 5.43. The van der Waals surface area contributed by atoms with E-state index in [-0.39, 0.29) is 42.8 Å². The molecule has 220 valence electrons. The van der Waals surface area contributed by atoms with Gasteiger partial charge in [0, 0.05) is 35.9 Å². The number of esters is 1. The highest BCUT2D eigenvalue weighted by Crippen LogP contribution is 2.48. The maximum atomic E-state index is 14.0. The van der Waals surface area contributed by atoms with Gasteiger partial charge in [0.25, 0.3) is 0 Å². The number of halogens is 1. The van der Waals surface area contributed by atoms with Gasteiger partial charge in [0.2, 0.25) is 0 Å².